The van der Waals surface area contributed by atoms with Crippen LogP contribution in [0.25, 0.3) is 5.52 Å². The molecule has 2 amide bonds. The predicted octanol–water partition coefficient (Wildman–Crippen LogP) is 2.97. The van der Waals surface area contributed by atoms with Crippen LogP contribution in [0.2, 0.25) is 0 Å². The molecular formula is C22H26N6O2. The Bertz CT molecular complexity index is 1130. The maximum absolute atomic E-state index is 12.5. The number of benzene rings is 1. The molecule has 4 N–H and O–H groups in total. The Kier molecular flexibility index (Phi) is 5.15. The van der Waals surface area contributed by atoms with E-state index < -0.39 is 5.91 Å². The molecule has 30 heavy (non-hydrogen) atoms. The minimum Gasteiger partial charge on any atom is -0.366 e. The fraction of sp³-hybridized carbons (Fsp3) is 0.364. The van der Waals surface area contributed by atoms with Gasteiger partial charge in [-0.15, -0.1) is 0 Å². The molecule has 8 nitrogen and oxygen atoms in total. The number of nitrogens with two attached hydrogens (primary N) is 1. The van der Waals surface area contributed by atoms with Crippen LogP contribution >= 0.6 is 0 Å². The van der Waals surface area contributed by atoms with Gasteiger partial charge in [0.25, 0.3) is 11.8 Å². The summed E-state index contributed by atoms with van der Waals surface area (Å²) in [5.41, 5.74) is 9.94. The maximum Gasteiger partial charge on any atom is 0.251 e. The molecule has 0 aliphatic heterocycles. The lowest BCUT2D eigenvalue weighted by Gasteiger charge is -2.13. The van der Waals surface area contributed by atoms with Crippen molar-refractivity contribution in [1.82, 2.24) is 19.9 Å². The molecule has 0 saturated heterocycles. The third-order valence-electron chi connectivity index (χ3n) is 5.22. The molecule has 8 heteroatoms. The van der Waals surface area contributed by atoms with Crippen molar-refractivity contribution in [3.8, 4) is 0 Å². The predicted molar refractivity (Wildman–Crippen MR) is 115 cm³/mol. The van der Waals surface area contributed by atoms with Crippen LogP contribution in [0.5, 0.6) is 0 Å². The van der Waals surface area contributed by atoms with Gasteiger partial charge in [-0.25, -0.2) is 9.50 Å². The second-order valence-corrected chi connectivity index (χ2v) is 8.29. The number of hydrogen-bond donors (Lipinski definition) is 3. The normalized spacial score (nSPS) is 13.6. The fourth-order valence-electron chi connectivity index (χ4n) is 3.51. The van der Waals surface area contributed by atoms with E-state index in [4.69, 9.17) is 5.73 Å². The van der Waals surface area contributed by atoms with E-state index in [0.29, 0.717) is 40.8 Å². The molecule has 0 unspecified atom stereocenters. The van der Waals surface area contributed by atoms with Crippen LogP contribution in [0.4, 0.5) is 11.5 Å². The molecule has 0 atom stereocenters. The smallest absolute Gasteiger partial charge is 0.251 e. The van der Waals surface area contributed by atoms with Gasteiger partial charge in [0, 0.05) is 23.5 Å². The molecule has 1 aliphatic rings. The van der Waals surface area contributed by atoms with E-state index in [2.05, 4.69) is 34.6 Å². The number of carbonyl (C=O) groups excluding carboxylic acids is 2. The zero-order valence-electron chi connectivity index (χ0n) is 17.4. The monoisotopic (exact) mass is 406 g/mol. The largest absolute Gasteiger partial charge is 0.366 e. The van der Waals surface area contributed by atoms with Gasteiger partial charge in [0.1, 0.15) is 11.8 Å². The molecule has 0 bridgehead atoms. The van der Waals surface area contributed by atoms with E-state index in [1.807, 2.05) is 25.1 Å². The van der Waals surface area contributed by atoms with Gasteiger partial charge in [-0.3, -0.25) is 9.59 Å². The number of nitrogens with zero attached hydrogens (tertiary/aromatic N) is 3. The highest BCUT2D eigenvalue weighted by molar-refractivity contribution is 5.99. The lowest BCUT2D eigenvalue weighted by Crippen LogP contribution is -2.25. The summed E-state index contributed by atoms with van der Waals surface area (Å²) in [7, 11) is 0. The van der Waals surface area contributed by atoms with Crippen molar-refractivity contribution in [2.24, 2.45) is 11.7 Å². The Balaban J connectivity index is 1.75. The van der Waals surface area contributed by atoms with Crippen molar-refractivity contribution in [1.29, 1.82) is 0 Å². The lowest BCUT2D eigenvalue weighted by atomic mass is 10.00. The minimum absolute atomic E-state index is 0.0763. The number of amides is 2. The number of rotatable bonds is 7. The molecule has 0 spiro atoms. The fourth-order valence-corrected chi connectivity index (χ4v) is 3.51. The SMILES string of the molecule is Cc1ccc(C(=O)NC2CC2)cc1Nc1ncnn2cc(C(N)=O)c(CC(C)C)c12. The molecule has 0 radical (unpaired) electrons. The van der Waals surface area contributed by atoms with Crippen molar-refractivity contribution in [3.63, 3.8) is 0 Å². The van der Waals surface area contributed by atoms with Gasteiger partial charge in [-0.05, 0) is 55.4 Å². The Morgan fingerprint density at radius 1 is 1.30 bits per heavy atom. The summed E-state index contributed by atoms with van der Waals surface area (Å²) < 4.78 is 1.63. The van der Waals surface area contributed by atoms with Gasteiger partial charge < -0.3 is 16.4 Å². The molecule has 4 rings (SSSR count). The van der Waals surface area contributed by atoms with Crippen LogP contribution in [-0.2, 0) is 6.42 Å². The van der Waals surface area contributed by atoms with E-state index in [9.17, 15) is 9.59 Å². The highest BCUT2D eigenvalue weighted by Crippen LogP contribution is 2.29. The summed E-state index contributed by atoms with van der Waals surface area (Å²) in [6, 6.07) is 5.85. The zero-order valence-corrected chi connectivity index (χ0v) is 17.4. The Labute approximate surface area is 174 Å². The van der Waals surface area contributed by atoms with Crippen molar-refractivity contribution >= 4 is 28.8 Å². The second-order valence-electron chi connectivity index (χ2n) is 8.29. The van der Waals surface area contributed by atoms with Crippen molar-refractivity contribution in [3.05, 3.63) is 53.0 Å². The van der Waals surface area contributed by atoms with Crippen molar-refractivity contribution in [2.75, 3.05) is 5.32 Å². The molecule has 1 saturated carbocycles. The number of hydrogen-bond acceptors (Lipinski definition) is 5. The Morgan fingerprint density at radius 2 is 2.07 bits per heavy atom. The third kappa shape index (κ3) is 3.98. The van der Waals surface area contributed by atoms with E-state index >= 15 is 0 Å². The molecule has 2 heterocycles. The van der Waals surface area contributed by atoms with Gasteiger partial charge in [-0.2, -0.15) is 5.10 Å². The van der Waals surface area contributed by atoms with Crippen LogP contribution in [-0.4, -0.2) is 32.5 Å². The van der Waals surface area contributed by atoms with Crippen molar-refractivity contribution < 1.29 is 9.59 Å². The quantitative estimate of drug-likeness (QED) is 0.558. The molecule has 3 aromatic rings. The number of primary amides is 1. The van der Waals surface area contributed by atoms with Gasteiger partial charge in [0.05, 0.1) is 5.56 Å². The standard InChI is InChI=1S/C22H26N6O2/c1-12(2)8-16-17(20(23)29)10-28-19(16)21(24-11-25-28)27-18-9-14(5-4-13(18)3)22(30)26-15-6-7-15/h4-5,9-12,15H,6-8H2,1-3H3,(H2,23,29)(H,26,30)(H,24,25,27). The third-order valence-corrected chi connectivity index (χ3v) is 5.22. The number of aryl methyl sites for hydroxylation is 1. The average molecular weight is 406 g/mol. The highest BCUT2D eigenvalue weighted by Gasteiger charge is 2.24. The highest BCUT2D eigenvalue weighted by atomic mass is 16.2. The van der Waals surface area contributed by atoms with E-state index in [1.54, 1.807) is 10.7 Å². The Morgan fingerprint density at radius 3 is 2.73 bits per heavy atom. The summed E-state index contributed by atoms with van der Waals surface area (Å²) >= 11 is 0. The van der Waals surface area contributed by atoms with Crippen LogP contribution < -0.4 is 16.4 Å². The van der Waals surface area contributed by atoms with Gasteiger partial charge in [0.2, 0.25) is 0 Å². The maximum atomic E-state index is 12.5. The van der Waals surface area contributed by atoms with Gasteiger partial charge in [0.15, 0.2) is 5.82 Å². The van der Waals surface area contributed by atoms with Crippen LogP contribution in [0.3, 0.4) is 0 Å². The Hall–Kier alpha value is -3.42. The van der Waals surface area contributed by atoms with Crippen LogP contribution in [0.15, 0.2) is 30.7 Å². The number of fused-ring (bicyclic) bond motifs is 1. The van der Waals surface area contributed by atoms with E-state index in [-0.39, 0.29) is 5.91 Å². The van der Waals surface area contributed by atoms with Crippen LogP contribution in [0, 0.1) is 12.8 Å². The van der Waals surface area contributed by atoms with E-state index in [0.717, 1.165) is 29.7 Å². The first-order chi connectivity index (χ1) is 14.3. The zero-order chi connectivity index (χ0) is 21.4. The van der Waals surface area contributed by atoms with Crippen LogP contribution in [0.1, 0.15) is 58.5 Å². The summed E-state index contributed by atoms with van der Waals surface area (Å²) in [4.78, 5) is 28.9. The number of carbonyl (C=O) groups is 2. The number of nitrogens with one attached hydrogen (secondary N) is 2. The summed E-state index contributed by atoms with van der Waals surface area (Å²) in [6.07, 6.45) is 5.82. The van der Waals surface area contributed by atoms with Crippen molar-refractivity contribution in [2.45, 2.75) is 46.1 Å². The lowest BCUT2D eigenvalue weighted by molar-refractivity contribution is 0.0949. The first-order valence-electron chi connectivity index (χ1n) is 10.2. The summed E-state index contributed by atoms with van der Waals surface area (Å²) in [5, 5.41) is 10.6. The molecular weight excluding hydrogens is 380 g/mol. The number of aromatic nitrogens is 3. The molecule has 1 aromatic carbocycles. The first-order valence-corrected chi connectivity index (χ1v) is 10.2. The summed E-state index contributed by atoms with van der Waals surface area (Å²) in [6.45, 7) is 6.12. The molecule has 1 aliphatic carbocycles. The average Bonchev–Trinajstić information content (AvgIpc) is 3.42. The topological polar surface area (TPSA) is 114 Å². The number of anilines is 2. The van der Waals surface area contributed by atoms with Gasteiger partial charge >= 0.3 is 0 Å². The summed E-state index contributed by atoms with van der Waals surface area (Å²) in [5.74, 6) is 0.319. The van der Waals surface area contributed by atoms with E-state index in [1.165, 1.54) is 6.33 Å². The molecule has 1 fully saturated rings. The molecule has 2 aromatic heterocycles. The molecule has 156 valence electrons. The minimum atomic E-state index is -0.489. The first kappa shape index (κ1) is 19.9. The second kappa shape index (κ2) is 7.78. The van der Waals surface area contributed by atoms with Gasteiger partial charge in [-0.1, -0.05) is 19.9 Å².